The van der Waals surface area contributed by atoms with E-state index in [-0.39, 0.29) is 17.6 Å². The van der Waals surface area contributed by atoms with E-state index in [9.17, 15) is 13.2 Å². The number of hydrogen-bond acceptors (Lipinski definition) is 3. The number of rotatable bonds is 9. The maximum atomic E-state index is 12.3. The fraction of sp³-hybridized carbons (Fsp3) is 0.381. The highest BCUT2D eigenvalue weighted by Gasteiger charge is 2.22. The fourth-order valence-electron chi connectivity index (χ4n) is 2.79. The van der Waals surface area contributed by atoms with Crippen molar-refractivity contribution in [3.05, 3.63) is 65.7 Å². The Labute approximate surface area is 162 Å². The third kappa shape index (κ3) is 7.43. The van der Waals surface area contributed by atoms with E-state index in [4.69, 9.17) is 0 Å². The third-order valence-electron chi connectivity index (χ3n) is 4.29. The van der Waals surface area contributed by atoms with Crippen molar-refractivity contribution in [2.75, 3.05) is 17.0 Å². The molecule has 2 atom stereocenters. The number of carbonyl (C=O) groups excluding carboxylic acids is 1. The standard InChI is InChI=1S/C21H28N2O3S/c1-16-9-11-20(12-10-16)23-27(25,26)15-18(3)21(24)22-14-17(2)13-19-7-5-4-6-8-19/h4-12,17-18,23H,13-15H2,1-3H3,(H,22,24). The predicted molar refractivity (Wildman–Crippen MR) is 110 cm³/mol. The molecule has 0 radical (unpaired) electrons. The number of nitrogens with one attached hydrogen (secondary N) is 2. The van der Waals surface area contributed by atoms with Crippen molar-refractivity contribution in [3.8, 4) is 0 Å². The third-order valence-corrected chi connectivity index (χ3v) is 5.78. The number of benzene rings is 2. The molecule has 2 N–H and O–H groups in total. The van der Waals surface area contributed by atoms with Gasteiger partial charge in [-0.3, -0.25) is 9.52 Å². The Balaban J connectivity index is 1.80. The van der Waals surface area contributed by atoms with E-state index in [0.29, 0.717) is 12.2 Å². The molecule has 2 rings (SSSR count). The van der Waals surface area contributed by atoms with Gasteiger partial charge in [-0.05, 0) is 37.0 Å². The normalized spacial score (nSPS) is 13.6. The average molecular weight is 389 g/mol. The summed E-state index contributed by atoms with van der Waals surface area (Å²) in [7, 11) is -3.59. The van der Waals surface area contributed by atoms with E-state index in [2.05, 4.69) is 29.1 Å². The van der Waals surface area contributed by atoms with Crippen LogP contribution in [0.3, 0.4) is 0 Å². The minimum absolute atomic E-state index is 0.246. The predicted octanol–water partition coefficient (Wildman–Crippen LogP) is 3.37. The lowest BCUT2D eigenvalue weighted by atomic mass is 10.0. The Hall–Kier alpha value is -2.34. The van der Waals surface area contributed by atoms with Crippen LogP contribution in [0.5, 0.6) is 0 Å². The van der Waals surface area contributed by atoms with Gasteiger partial charge in [0.15, 0.2) is 0 Å². The molecule has 2 aromatic rings. The van der Waals surface area contributed by atoms with Crippen molar-refractivity contribution in [1.82, 2.24) is 5.32 Å². The highest BCUT2D eigenvalue weighted by molar-refractivity contribution is 7.92. The van der Waals surface area contributed by atoms with E-state index in [1.165, 1.54) is 5.56 Å². The van der Waals surface area contributed by atoms with Crippen molar-refractivity contribution < 1.29 is 13.2 Å². The first-order chi connectivity index (χ1) is 12.7. The quantitative estimate of drug-likeness (QED) is 0.692. The second-order valence-electron chi connectivity index (χ2n) is 7.19. The highest BCUT2D eigenvalue weighted by atomic mass is 32.2. The van der Waals surface area contributed by atoms with Crippen molar-refractivity contribution in [2.45, 2.75) is 27.2 Å². The molecule has 0 aromatic heterocycles. The molecule has 6 heteroatoms. The van der Waals surface area contributed by atoms with Gasteiger partial charge in [0.05, 0.1) is 11.7 Å². The van der Waals surface area contributed by atoms with Crippen LogP contribution in [-0.2, 0) is 21.2 Å². The van der Waals surface area contributed by atoms with Crippen LogP contribution in [0.2, 0.25) is 0 Å². The first-order valence-corrected chi connectivity index (χ1v) is 10.8. The summed E-state index contributed by atoms with van der Waals surface area (Å²) in [5, 5.41) is 2.87. The zero-order valence-electron chi connectivity index (χ0n) is 16.1. The lowest BCUT2D eigenvalue weighted by Gasteiger charge is -2.16. The summed E-state index contributed by atoms with van der Waals surface area (Å²) in [4.78, 5) is 12.3. The molecule has 0 saturated carbocycles. The summed E-state index contributed by atoms with van der Waals surface area (Å²) in [6.45, 7) is 6.15. The summed E-state index contributed by atoms with van der Waals surface area (Å²) in [5.41, 5.74) is 2.78. The zero-order valence-corrected chi connectivity index (χ0v) is 16.9. The molecule has 2 unspecified atom stereocenters. The van der Waals surface area contributed by atoms with Gasteiger partial charge in [-0.2, -0.15) is 0 Å². The Morgan fingerprint density at radius 3 is 2.26 bits per heavy atom. The number of aryl methyl sites for hydroxylation is 1. The van der Waals surface area contributed by atoms with Crippen molar-refractivity contribution in [2.24, 2.45) is 11.8 Å². The molecule has 27 heavy (non-hydrogen) atoms. The van der Waals surface area contributed by atoms with Crippen LogP contribution in [-0.4, -0.2) is 26.6 Å². The summed E-state index contributed by atoms with van der Waals surface area (Å²) >= 11 is 0. The highest BCUT2D eigenvalue weighted by Crippen LogP contribution is 2.13. The van der Waals surface area contributed by atoms with Crippen LogP contribution >= 0.6 is 0 Å². The largest absolute Gasteiger partial charge is 0.356 e. The molecule has 1 amide bonds. The Kier molecular flexibility index (Phi) is 7.42. The number of hydrogen-bond donors (Lipinski definition) is 2. The second kappa shape index (κ2) is 9.55. The molecule has 146 valence electrons. The van der Waals surface area contributed by atoms with Crippen molar-refractivity contribution >= 4 is 21.6 Å². The molecule has 0 fully saturated rings. The van der Waals surface area contributed by atoms with Gasteiger partial charge >= 0.3 is 0 Å². The van der Waals surface area contributed by atoms with Gasteiger partial charge in [-0.1, -0.05) is 61.9 Å². The van der Waals surface area contributed by atoms with Crippen molar-refractivity contribution in [3.63, 3.8) is 0 Å². The lowest BCUT2D eigenvalue weighted by molar-refractivity contribution is -0.124. The Bertz CT molecular complexity index is 833. The summed E-state index contributed by atoms with van der Waals surface area (Å²) in [5.74, 6) is -0.855. The molecule has 0 aliphatic carbocycles. The van der Waals surface area contributed by atoms with Gasteiger partial charge in [-0.25, -0.2) is 8.42 Å². The Morgan fingerprint density at radius 2 is 1.63 bits per heavy atom. The molecule has 0 spiro atoms. The van der Waals surface area contributed by atoms with E-state index in [0.717, 1.165) is 12.0 Å². The molecule has 0 saturated heterocycles. The zero-order chi connectivity index (χ0) is 19.9. The second-order valence-corrected chi connectivity index (χ2v) is 8.96. The van der Waals surface area contributed by atoms with Gasteiger partial charge in [0.25, 0.3) is 0 Å². The van der Waals surface area contributed by atoms with Gasteiger partial charge in [-0.15, -0.1) is 0 Å². The van der Waals surface area contributed by atoms with Gasteiger partial charge in [0.2, 0.25) is 15.9 Å². The first-order valence-electron chi connectivity index (χ1n) is 9.14. The molecule has 0 aliphatic rings. The van der Waals surface area contributed by atoms with Crippen LogP contribution in [0.15, 0.2) is 54.6 Å². The van der Waals surface area contributed by atoms with Crippen LogP contribution in [0.25, 0.3) is 0 Å². The number of carbonyl (C=O) groups is 1. The monoisotopic (exact) mass is 388 g/mol. The summed E-state index contributed by atoms with van der Waals surface area (Å²) in [6, 6.07) is 17.2. The van der Waals surface area contributed by atoms with Crippen LogP contribution in [0.4, 0.5) is 5.69 Å². The van der Waals surface area contributed by atoms with Gasteiger partial charge in [0, 0.05) is 12.2 Å². The average Bonchev–Trinajstić information content (AvgIpc) is 2.62. The maximum absolute atomic E-state index is 12.3. The molecule has 0 aliphatic heterocycles. The number of anilines is 1. The maximum Gasteiger partial charge on any atom is 0.233 e. The smallest absolute Gasteiger partial charge is 0.233 e. The molecule has 0 bridgehead atoms. The lowest BCUT2D eigenvalue weighted by Crippen LogP contribution is -2.37. The van der Waals surface area contributed by atoms with Crippen molar-refractivity contribution in [1.29, 1.82) is 0 Å². The molecular formula is C21H28N2O3S. The SMILES string of the molecule is Cc1ccc(NS(=O)(=O)CC(C)C(=O)NCC(C)Cc2ccccc2)cc1. The minimum atomic E-state index is -3.59. The number of amides is 1. The number of sulfonamides is 1. The topological polar surface area (TPSA) is 75.3 Å². The Morgan fingerprint density at radius 1 is 1.00 bits per heavy atom. The fourth-order valence-corrected chi connectivity index (χ4v) is 4.17. The molecular weight excluding hydrogens is 360 g/mol. The minimum Gasteiger partial charge on any atom is -0.356 e. The summed E-state index contributed by atoms with van der Waals surface area (Å²) < 4.78 is 27.1. The first kappa shape index (κ1) is 21.0. The molecule has 5 nitrogen and oxygen atoms in total. The summed E-state index contributed by atoms with van der Waals surface area (Å²) in [6.07, 6.45) is 0.864. The van der Waals surface area contributed by atoms with Crippen LogP contribution in [0.1, 0.15) is 25.0 Å². The van der Waals surface area contributed by atoms with Crippen LogP contribution in [0, 0.1) is 18.8 Å². The van der Waals surface area contributed by atoms with E-state index in [1.54, 1.807) is 19.1 Å². The van der Waals surface area contributed by atoms with Gasteiger partial charge in [0.1, 0.15) is 0 Å². The van der Waals surface area contributed by atoms with E-state index in [1.807, 2.05) is 37.3 Å². The van der Waals surface area contributed by atoms with Gasteiger partial charge < -0.3 is 5.32 Å². The molecule has 0 heterocycles. The van der Waals surface area contributed by atoms with E-state index < -0.39 is 15.9 Å². The molecule has 2 aromatic carbocycles. The van der Waals surface area contributed by atoms with E-state index >= 15 is 0 Å². The van der Waals surface area contributed by atoms with Crippen LogP contribution < -0.4 is 10.0 Å².